The zero-order valence-corrected chi connectivity index (χ0v) is 15.5. The molecular formula is C20H17N5O4. The molecule has 0 saturated heterocycles. The second-order valence-electron chi connectivity index (χ2n) is 6.20. The molecule has 3 aromatic rings. The average molecular weight is 391 g/mol. The van der Waals surface area contributed by atoms with Gasteiger partial charge < -0.3 is 10.6 Å². The molecule has 29 heavy (non-hydrogen) atoms. The molecule has 9 heteroatoms. The predicted molar refractivity (Wildman–Crippen MR) is 108 cm³/mol. The highest BCUT2D eigenvalue weighted by Crippen LogP contribution is 2.27. The zero-order chi connectivity index (χ0) is 21.0. The fraction of sp³-hybridized carbons (Fsp3) is 0.150. The van der Waals surface area contributed by atoms with E-state index in [1.165, 1.54) is 35.8 Å². The van der Waals surface area contributed by atoms with Crippen LogP contribution in [0.1, 0.15) is 12.5 Å². The molecule has 9 nitrogen and oxygen atoms in total. The van der Waals surface area contributed by atoms with Crippen LogP contribution in [-0.4, -0.2) is 28.5 Å². The topological polar surface area (TPSA) is 130 Å². The molecule has 0 atom stereocenters. The van der Waals surface area contributed by atoms with Gasteiger partial charge in [0.25, 0.3) is 11.2 Å². The van der Waals surface area contributed by atoms with Gasteiger partial charge in [-0.1, -0.05) is 18.2 Å². The number of nitro benzene ring substituents is 1. The molecule has 2 N–H and O–H groups in total. The summed E-state index contributed by atoms with van der Waals surface area (Å²) in [5.41, 5.74) is 0.636. The van der Waals surface area contributed by atoms with Crippen molar-refractivity contribution in [2.24, 2.45) is 0 Å². The lowest BCUT2D eigenvalue weighted by atomic mass is 10.1. The third kappa shape index (κ3) is 3.91. The van der Waals surface area contributed by atoms with Crippen LogP contribution in [0.4, 0.5) is 11.4 Å². The van der Waals surface area contributed by atoms with Crippen molar-refractivity contribution < 1.29 is 9.72 Å². The van der Waals surface area contributed by atoms with E-state index in [-0.39, 0.29) is 17.2 Å². The molecule has 0 radical (unpaired) electrons. The van der Waals surface area contributed by atoms with Gasteiger partial charge in [-0.05, 0) is 18.2 Å². The minimum absolute atomic E-state index is 0.0788. The van der Waals surface area contributed by atoms with Crippen molar-refractivity contribution >= 4 is 28.2 Å². The molecule has 0 bridgehead atoms. The van der Waals surface area contributed by atoms with Gasteiger partial charge in [-0.3, -0.25) is 24.3 Å². The van der Waals surface area contributed by atoms with Crippen molar-refractivity contribution in [3.63, 3.8) is 0 Å². The smallest absolute Gasteiger partial charge is 0.275 e. The van der Waals surface area contributed by atoms with Crippen LogP contribution in [0.3, 0.4) is 0 Å². The Balaban J connectivity index is 2.15. The Kier molecular flexibility index (Phi) is 5.55. The summed E-state index contributed by atoms with van der Waals surface area (Å²) in [6, 6.07) is 14.6. The van der Waals surface area contributed by atoms with Gasteiger partial charge in [0, 0.05) is 43.2 Å². The predicted octanol–water partition coefficient (Wildman–Crippen LogP) is 2.32. The second kappa shape index (κ2) is 8.22. The first kappa shape index (κ1) is 19.6. The van der Waals surface area contributed by atoms with E-state index >= 15 is 0 Å². The van der Waals surface area contributed by atoms with Gasteiger partial charge in [0.2, 0.25) is 5.91 Å². The van der Waals surface area contributed by atoms with E-state index in [4.69, 9.17) is 0 Å². The highest BCUT2D eigenvalue weighted by Gasteiger charge is 2.18. The number of nitrogens with zero attached hydrogens (tertiary/aromatic N) is 3. The molecule has 0 unspecified atom stereocenters. The van der Waals surface area contributed by atoms with Gasteiger partial charge in [-0.25, -0.2) is 0 Å². The number of benzene rings is 2. The molecule has 0 saturated carbocycles. The standard InChI is InChI=1S/C20H17N5O4/c1-13(26)22-10-11-23-19-16-4-2-3-5-18(16)24(20(27)17(19)12-21)14-6-8-15(9-7-14)25(28)29/h2-9,23H,10-11H2,1H3,(H,22,26). The van der Waals surface area contributed by atoms with E-state index < -0.39 is 10.5 Å². The summed E-state index contributed by atoms with van der Waals surface area (Å²) < 4.78 is 1.36. The maximum absolute atomic E-state index is 13.1. The number of hydrogen-bond donors (Lipinski definition) is 2. The molecule has 1 heterocycles. The quantitative estimate of drug-likeness (QED) is 0.377. The third-order valence-corrected chi connectivity index (χ3v) is 4.31. The van der Waals surface area contributed by atoms with Gasteiger partial charge in [-0.15, -0.1) is 0 Å². The van der Waals surface area contributed by atoms with Crippen molar-refractivity contribution in [1.29, 1.82) is 5.26 Å². The van der Waals surface area contributed by atoms with Crippen molar-refractivity contribution in [3.8, 4) is 11.8 Å². The highest BCUT2D eigenvalue weighted by molar-refractivity contribution is 5.95. The van der Waals surface area contributed by atoms with Crippen LogP contribution in [0.15, 0.2) is 53.3 Å². The number of para-hydroxylation sites is 1. The molecule has 2 aromatic carbocycles. The largest absolute Gasteiger partial charge is 0.381 e. The van der Waals surface area contributed by atoms with E-state index in [0.29, 0.717) is 35.4 Å². The summed E-state index contributed by atoms with van der Waals surface area (Å²) in [7, 11) is 0. The van der Waals surface area contributed by atoms with Gasteiger partial charge in [0.15, 0.2) is 0 Å². The van der Waals surface area contributed by atoms with E-state index in [2.05, 4.69) is 10.6 Å². The fourth-order valence-electron chi connectivity index (χ4n) is 3.04. The number of hydrogen-bond acceptors (Lipinski definition) is 6. The van der Waals surface area contributed by atoms with Gasteiger partial charge in [0.1, 0.15) is 11.6 Å². The Bertz CT molecular complexity index is 1190. The summed E-state index contributed by atoms with van der Waals surface area (Å²) in [4.78, 5) is 34.5. The molecule has 0 fully saturated rings. The minimum atomic E-state index is -0.540. The van der Waals surface area contributed by atoms with Crippen LogP contribution >= 0.6 is 0 Å². The van der Waals surface area contributed by atoms with Crippen molar-refractivity contribution in [3.05, 3.63) is 74.6 Å². The molecule has 0 aliphatic carbocycles. The van der Waals surface area contributed by atoms with Gasteiger partial charge >= 0.3 is 0 Å². The average Bonchev–Trinajstić information content (AvgIpc) is 2.71. The Morgan fingerprint density at radius 2 is 1.86 bits per heavy atom. The number of carbonyl (C=O) groups is 1. The normalized spacial score (nSPS) is 10.3. The molecule has 0 aliphatic rings. The number of aromatic nitrogens is 1. The number of pyridine rings is 1. The van der Waals surface area contributed by atoms with E-state index in [0.717, 1.165) is 0 Å². The third-order valence-electron chi connectivity index (χ3n) is 4.31. The number of carbonyl (C=O) groups excluding carboxylic acids is 1. The van der Waals surface area contributed by atoms with E-state index in [9.17, 15) is 25.0 Å². The number of amides is 1. The molecule has 1 aromatic heterocycles. The first-order valence-corrected chi connectivity index (χ1v) is 8.75. The molecule has 1 amide bonds. The molecule has 146 valence electrons. The van der Waals surface area contributed by atoms with Crippen LogP contribution in [0.5, 0.6) is 0 Å². The monoisotopic (exact) mass is 391 g/mol. The summed E-state index contributed by atoms with van der Waals surface area (Å²) in [6.07, 6.45) is 0. The highest BCUT2D eigenvalue weighted by atomic mass is 16.6. The molecular weight excluding hydrogens is 374 g/mol. The number of anilines is 1. The summed E-state index contributed by atoms with van der Waals surface area (Å²) in [6.45, 7) is 2.07. The van der Waals surface area contributed by atoms with Crippen LogP contribution in [0.25, 0.3) is 16.6 Å². The maximum Gasteiger partial charge on any atom is 0.275 e. The maximum atomic E-state index is 13.1. The molecule has 0 aliphatic heterocycles. The van der Waals surface area contributed by atoms with Crippen LogP contribution in [0, 0.1) is 21.4 Å². The number of nitriles is 1. The lowest BCUT2D eigenvalue weighted by Gasteiger charge is -2.16. The Hall–Kier alpha value is -4.19. The van der Waals surface area contributed by atoms with E-state index in [1.54, 1.807) is 24.3 Å². The first-order valence-electron chi connectivity index (χ1n) is 8.75. The van der Waals surface area contributed by atoms with Crippen molar-refractivity contribution in [2.75, 3.05) is 18.4 Å². The lowest BCUT2D eigenvalue weighted by Crippen LogP contribution is -2.28. The Morgan fingerprint density at radius 1 is 1.17 bits per heavy atom. The van der Waals surface area contributed by atoms with Crippen molar-refractivity contribution in [2.45, 2.75) is 6.92 Å². The zero-order valence-electron chi connectivity index (χ0n) is 15.5. The summed E-state index contributed by atoms with van der Waals surface area (Å²) in [5, 5.41) is 26.9. The van der Waals surface area contributed by atoms with Crippen LogP contribution in [0.2, 0.25) is 0 Å². The van der Waals surface area contributed by atoms with Gasteiger partial charge in [-0.2, -0.15) is 5.26 Å². The lowest BCUT2D eigenvalue weighted by molar-refractivity contribution is -0.384. The number of rotatable bonds is 6. The fourth-order valence-corrected chi connectivity index (χ4v) is 3.04. The van der Waals surface area contributed by atoms with E-state index in [1.807, 2.05) is 6.07 Å². The molecule has 0 spiro atoms. The number of non-ortho nitro benzene ring substituents is 1. The number of nitrogens with one attached hydrogen (secondary N) is 2. The molecule has 3 rings (SSSR count). The minimum Gasteiger partial charge on any atom is -0.381 e. The van der Waals surface area contributed by atoms with Gasteiger partial charge in [0.05, 0.1) is 16.1 Å². The number of fused-ring (bicyclic) bond motifs is 1. The van der Waals surface area contributed by atoms with Crippen LogP contribution < -0.4 is 16.2 Å². The SMILES string of the molecule is CC(=O)NCCNc1c(C#N)c(=O)n(-c2ccc([N+](=O)[O-])cc2)c2ccccc12. The summed E-state index contributed by atoms with van der Waals surface area (Å²) >= 11 is 0. The van der Waals surface area contributed by atoms with Crippen LogP contribution in [-0.2, 0) is 4.79 Å². The number of nitro groups is 1. The summed E-state index contributed by atoms with van der Waals surface area (Å²) in [5.74, 6) is -0.175. The Labute approximate surface area is 165 Å². The Morgan fingerprint density at radius 3 is 2.48 bits per heavy atom. The second-order valence-corrected chi connectivity index (χ2v) is 6.20. The van der Waals surface area contributed by atoms with Crippen molar-refractivity contribution in [1.82, 2.24) is 9.88 Å². The first-order chi connectivity index (χ1) is 13.9.